The lowest BCUT2D eigenvalue weighted by Gasteiger charge is -2.14. The van der Waals surface area contributed by atoms with Crippen molar-refractivity contribution in [1.29, 1.82) is 0 Å². The maximum Gasteiger partial charge on any atom is 0.338 e. The zero-order valence-corrected chi connectivity index (χ0v) is 17.2. The van der Waals surface area contributed by atoms with Crippen LogP contribution in [0.25, 0.3) is 0 Å². The molecule has 0 spiro atoms. The van der Waals surface area contributed by atoms with Crippen LogP contribution in [0.5, 0.6) is 0 Å². The molecule has 1 aliphatic heterocycles. The lowest BCUT2D eigenvalue weighted by molar-refractivity contribution is -0.124. The number of carbonyl (C=O) groups excluding carboxylic acids is 2. The van der Waals surface area contributed by atoms with Crippen molar-refractivity contribution in [1.82, 2.24) is 5.32 Å². The molecule has 2 aromatic rings. The first kappa shape index (κ1) is 20.5. The summed E-state index contributed by atoms with van der Waals surface area (Å²) in [6.07, 6.45) is 0. The number of amides is 1. The number of nitrogens with one attached hydrogen (secondary N) is 1. The third-order valence-electron chi connectivity index (χ3n) is 4.16. The average molecular weight is 415 g/mol. The van der Waals surface area contributed by atoms with E-state index in [2.05, 4.69) is 10.3 Å². The minimum absolute atomic E-state index is 0.152. The quantitative estimate of drug-likeness (QED) is 0.692. The van der Waals surface area contributed by atoms with Gasteiger partial charge >= 0.3 is 5.97 Å². The van der Waals surface area contributed by atoms with Crippen LogP contribution in [0.3, 0.4) is 0 Å². The number of carbonyl (C=O) groups is 2. The molecule has 0 aliphatic carbocycles. The number of benzene rings is 2. The van der Waals surface area contributed by atoms with Crippen molar-refractivity contribution < 1.29 is 14.3 Å². The Morgan fingerprint density at radius 1 is 1.18 bits per heavy atom. The van der Waals surface area contributed by atoms with Crippen molar-refractivity contribution in [3.63, 3.8) is 0 Å². The number of thioether (sulfide) groups is 2. The molecule has 0 aromatic heterocycles. The van der Waals surface area contributed by atoms with E-state index in [9.17, 15) is 9.59 Å². The van der Waals surface area contributed by atoms with Gasteiger partial charge in [-0.05, 0) is 24.1 Å². The summed E-state index contributed by atoms with van der Waals surface area (Å²) in [5, 5.41) is 2.84. The van der Waals surface area contributed by atoms with Gasteiger partial charge in [-0.2, -0.15) is 0 Å². The molecule has 1 heterocycles. The fraction of sp³-hybridized carbons (Fsp3) is 0.286. The van der Waals surface area contributed by atoms with Gasteiger partial charge in [0.2, 0.25) is 0 Å². The lowest BCUT2D eigenvalue weighted by atomic mass is 10.1. The van der Waals surface area contributed by atoms with Gasteiger partial charge in [0.25, 0.3) is 5.91 Å². The maximum atomic E-state index is 12.5. The van der Waals surface area contributed by atoms with Crippen LogP contribution in [0, 0.1) is 0 Å². The van der Waals surface area contributed by atoms with Crippen molar-refractivity contribution in [2.24, 2.45) is 4.99 Å². The van der Waals surface area contributed by atoms with Crippen LogP contribution in [-0.4, -0.2) is 35.2 Å². The summed E-state index contributed by atoms with van der Waals surface area (Å²) in [5.74, 6) is 0.852. The van der Waals surface area contributed by atoms with E-state index >= 15 is 0 Å². The maximum absolute atomic E-state index is 12.5. The predicted molar refractivity (Wildman–Crippen MR) is 116 cm³/mol. The lowest BCUT2D eigenvalue weighted by Crippen LogP contribution is -2.31. The summed E-state index contributed by atoms with van der Waals surface area (Å²) < 4.78 is 6.30. The van der Waals surface area contributed by atoms with Crippen LogP contribution in [-0.2, 0) is 15.3 Å². The molecule has 146 valence electrons. The molecular formula is C21H22N2O3S2. The zero-order valence-electron chi connectivity index (χ0n) is 15.6. The molecule has 3 rings (SSSR count). The number of ether oxygens (including phenoxy) is 1. The molecule has 0 saturated heterocycles. The van der Waals surface area contributed by atoms with E-state index in [1.165, 1.54) is 0 Å². The molecule has 0 saturated carbocycles. The van der Waals surface area contributed by atoms with Crippen LogP contribution in [0.15, 0.2) is 59.6 Å². The van der Waals surface area contributed by atoms with Gasteiger partial charge in [-0.1, -0.05) is 72.1 Å². The van der Waals surface area contributed by atoms with E-state index in [4.69, 9.17) is 4.74 Å². The van der Waals surface area contributed by atoms with Gasteiger partial charge in [0, 0.05) is 11.5 Å². The molecule has 5 nitrogen and oxygen atoms in total. The highest BCUT2D eigenvalue weighted by molar-refractivity contribution is 8.38. The zero-order chi connectivity index (χ0) is 19.8. The normalized spacial score (nSPS) is 14.2. The SMILES string of the molecule is C[C@@H](NC(=O)COC(=O)c1ccccc1CSC1=NCCS1)c1ccccc1. The Balaban J connectivity index is 1.52. The Bertz CT molecular complexity index is 856. The molecule has 7 heteroatoms. The van der Waals surface area contributed by atoms with Crippen LogP contribution < -0.4 is 5.32 Å². The second-order valence-electron chi connectivity index (χ2n) is 6.22. The Labute approximate surface area is 173 Å². The van der Waals surface area contributed by atoms with E-state index in [1.807, 2.05) is 49.4 Å². The fourth-order valence-corrected chi connectivity index (χ4v) is 4.72. The highest BCUT2D eigenvalue weighted by atomic mass is 32.2. The number of hydrogen-bond donors (Lipinski definition) is 1. The molecule has 1 atom stereocenters. The smallest absolute Gasteiger partial charge is 0.338 e. The van der Waals surface area contributed by atoms with E-state index in [0.29, 0.717) is 11.3 Å². The van der Waals surface area contributed by atoms with Crippen LogP contribution in [0.2, 0.25) is 0 Å². The first-order valence-corrected chi connectivity index (χ1v) is 11.0. The standard InChI is InChI=1S/C21H22N2O3S2/c1-15(16-7-3-2-4-8-16)23-19(24)13-26-20(25)18-10-6-5-9-17(18)14-28-21-22-11-12-27-21/h2-10,15H,11-14H2,1H3,(H,23,24)/t15-/m1/s1. The molecule has 1 amide bonds. The number of hydrogen-bond acceptors (Lipinski definition) is 6. The molecule has 0 unspecified atom stereocenters. The number of nitrogens with zero attached hydrogens (tertiary/aromatic N) is 1. The van der Waals surface area contributed by atoms with Gasteiger partial charge in [-0.25, -0.2) is 4.79 Å². The molecule has 0 bridgehead atoms. The van der Waals surface area contributed by atoms with Crippen LogP contribution >= 0.6 is 23.5 Å². The summed E-state index contributed by atoms with van der Waals surface area (Å²) in [6, 6.07) is 16.8. The average Bonchev–Trinajstić information content (AvgIpc) is 3.25. The van der Waals surface area contributed by atoms with Crippen LogP contribution in [0.1, 0.15) is 34.5 Å². The summed E-state index contributed by atoms with van der Waals surface area (Å²) in [4.78, 5) is 29.0. The summed E-state index contributed by atoms with van der Waals surface area (Å²) in [5.41, 5.74) is 2.37. The largest absolute Gasteiger partial charge is 0.452 e. The van der Waals surface area contributed by atoms with Gasteiger partial charge in [0.1, 0.15) is 4.38 Å². The Morgan fingerprint density at radius 3 is 2.68 bits per heavy atom. The second-order valence-corrected chi connectivity index (χ2v) is 8.52. The summed E-state index contributed by atoms with van der Waals surface area (Å²) in [7, 11) is 0. The second kappa shape index (κ2) is 10.3. The van der Waals surface area contributed by atoms with Crippen molar-refractivity contribution in [3.05, 3.63) is 71.3 Å². The third kappa shape index (κ3) is 5.87. The molecule has 1 N–H and O–H groups in total. The number of rotatable bonds is 7. The molecule has 0 fully saturated rings. The van der Waals surface area contributed by atoms with Crippen molar-refractivity contribution in [3.8, 4) is 0 Å². The number of aliphatic imine (C=N–C) groups is 1. The van der Waals surface area contributed by atoms with E-state index in [-0.39, 0.29) is 18.6 Å². The molecule has 28 heavy (non-hydrogen) atoms. The minimum Gasteiger partial charge on any atom is -0.452 e. The Hall–Kier alpha value is -2.25. The highest BCUT2D eigenvalue weighted by Crippen LogP contribution is 2.26. The van der Waals surface area contributed by atoms with Crippen molar-refractivity contribution in [2.75, 3.05) is 18.9 Å². The third-order valence-corrected chi connectivity index (χ3v) is 6.46. The minimum atomic E-state index is -0.486. The van der Waals surface area contributed by atoms with Crippen molar-refractivity contribution >= 4 is 39.8 Å². The summed E-state index contributed by atoms with van der Waals surface area (Å²) in [6.45, 7) is 2.44. The van der Waals surface area contributed by atoms with Gasteiger partial charge in [0.15, 0.2) is 6.61 Å². The van der Waals surface area contributed by atoms with Crippen LogP contribution in [0.4, 0.5) is 0 Å². The van der Waals surface area contributed by atoms with E-state index in [1.54, 1.807) is 35.7 Å². The van der Waals surface area contributed by atoms with E-state index in [0.717, 1.165) is 27.8 Å². The monoisotopic (exact) mass is 414 g/mol. The first-order valence-electron chi connectivity index (χ1n) is 9.03. The molecule has 2 aromatic carbocycles. The van der Waals surface area contributed by atoms with E-state index < -0.39 is 5.97 Å². The molecule has 1 aliphatic rings. The predicted octanol–water partition coefficient (Wildman–Crippen LogP) is 4.06. The van der Waals surface area contributed by atoms with Gasteiger partial charge in [-0.3, -0.25) is 9.79 Å². The highest BCUT2D eigenvalue weighted by Gasteiger charge is 2.17. The van der Waals surface area contributed by atoms with Gasteiger partial charge < -0.3 is 10.1 Å². The Morgan fingerprint density at radius 2 is 1.93 bits per heavy atom. The number of esters is 1. The summed E-state index contributed by atoms with van der Waals surface area (Å²) >= 11 is 3.36. The fourth-order valence-electron chi connectivity index (χ4n) is 2.70. The topological polar surface area (TPSA) is 67.8 Å². The molecular weight excluding hydrogens is 392 g/mol. The first-order chi connectivity index (χ1) is 13.6. The van der Waals surface area contributed by atoms with Gasteiger partial charge in [-0.15, -0.1) is 0 Å². The Kier molecular flexibility index (Phi) is 7.56. The van der Waals surface area contributed by atoms with Crippen molar-refractivity contribution in [2.45, 2.75) is 18.7 Å². The van der Waals surface area contributed by atoms with Gasteiger partial charge in [0.05, 0.1) is 18.2 Å². The molecule has 0 radical (unpaired) electrons.